The van der Waals surface area contributed by atoms with Gasteiger partial charge in [0.05, 0.1) is 11.6 Å². The number of hydrogen-bond acceptors (Lipinski definition) is 5. The Balaban J connectivity index is 1.88. The van der Waals surface area contributed by atoms with Crippen LogP contribution < -0.4 is 15.8 Å². The molecule has 2 aromatic carbocycles. The van der Waals surface area contributed by atoms with Crippen LogP contribution in [0.5, 0.6) is 5.75 Å². The summed E-state index contributed by atoms with van der Waals surface area (Å²) >= 11 is 0. The van der Waals surface area contributed by atoms with Gasteiger partial charge in [-0.15, -0.1) is 0 Å². The predicted octanol–water partition coefficient (Wildman–Crippen LogP) is 3.34. The van der Waals surface area contributed by atoms with Gasteiger partial charge in [0.15, 0.2) is 13.2 Å². The van der Waals surface area contributed by atoms with Crippen LogP contribution >= 0.6 is 0 Å². The van der Waals surface area contributed by atoms with E-state index in [4.69, 9.17) is 15.2 Å². The minimum atomic E-state index is -0.725. The maximum absolute atomic E-state index is 12.3. The molecule has 0 fully saturated rings. The molecule has 0 unspecified atom stereocenters. The highest BCUT2D eigenvalue weighted by atomic mass is 16.6. The number of para-hydroxylation sites is 1. The number of carbonyl (C=O) groups is 3. The minimum absolute atomic E-state index is 0.151. The molecule has 1 atom stereocenters. The molecule has 0 saturated carbocycles. The first kappa shape index (κ1) is 23.9. The van der Waals surface area contributed by atoms with Crippen LogP contribution in [0.1, 0.15) is 61.1 Å². The Labute approximate surface area is 182 Å². The summed E-state index contributed by atoms with van der Waals surface area (Å²) in [5.41, 5.74) is 7.65. The summed E-state index contributed by atoms with van der Waals surface area (Å²) in [6.07, 6.45) is 0. The molecule has 2 aromatic rings. The van der Waals surface area contributed by atoms with Crippen molar-refractivity contribution in [2.24, 2.45) is 11.7 Å². The molecule has 7 heteroatoms. The largest absolute Gasteiger partial charge is 0.481 e. The number of primary amides is 1. The molecular formula is C24H30N2O5. The SMILES string of the molecule is CC(C)c1ccc([C@H](NC(=O)COC(=O)COc2ccccc2C(N)=O)C(C)C)cc1. The Morgan fingerprint density at radius 2 is 1.52 bits per heavy atom. The van der Waals surface area contributed by atoms with Crippen molar-refractivity contribution in [1.29, 1.82) is 0 Å². The molecule has 0 heterocycles. The van der Waals surface area contributed by atoms with Crippen molar-refractivity contribution in [2.75, 3.05) is 13.2 Å². The zero-order chi connectivity index (χ0) is 23.0. The molecule has 0 saturated heterocycles. The fourth-order valence-electron chi connectivity index (χ4n) is 3.06. The van der Waals surface area contributed by atoms with E-state index >= 15 is 0 Å². The van der Waals surface area contributed by atoms with Gasteiger partial charge in [0.1, 0.15) is 5.75 Å². The first-order valence-corrected chi connectivity index (χ1v) is 10.3. The number of carbonyl (C=O) groups excluding carboxylic acids is 3. The van der Waals surface area contributed by atoms with Crippen molar-refractivity contribution in [3.63, 3.8) is 0 Å². The average molecular weight is 427 g/mol. The van der Waals surface area contributed by atoms with Gasteiger partial charge in [-0.25, -0.2) is 4.79 Å². The molecule has 0 spiro atoms. The molecule has 2 rings (SSSR count). The number of esters is 1. The van der Waals surface area contributed by atoms with Crippen LogP contribution in [0.3, 0.4) is 0 Å². The smallest absolute Gasteiger partial charge is 0.344 e. The highest BCUT2D eigenvalue weighted by Crippen LogP contribution is 2.24. The fraction of sp³-hybridized carbons (Fsp3) is 0.375. The van der Waals surface area contributed by atoms with Crippen LogP contribution in [0.2, 0.25) is 0 Å². The summed E-state index contributed by atoms with van der Waals surface area (Å²) < 4.78 is 10.3. The summed E-state index contributed by atoms with van der Waals surface area (Å²) in [6.45, 7) is 7.41. The lowest BCUT2D eigenvalue weighted by atomic mass is 9.93. The van der Waals surface area contributed by atoms with E-state index in [9.17, 15) is 14.4 Å². The second-order valence-electron chi connectivity index (χ2n) is 7.92. The molecule has 7 nitrogen and oxygen atoms in total. The van der Waals surface area contributed by atoms with E-state index in [-0.39, 0.29) is 23.3 Å². The molecule has 0 aliphatic heterocycles. The third-order valence-corrected chi connectivity index (χ3v) is 4.81. The van der Waals surface area contributed by atoms with Gasteiger partial charge in [0.2, 0.25) is 0 Å². The zero-order valence-corrected chi connectivity index (χ0v) is 18.4. The number of benzene rings is 2. The van der Waals surface area contributed by atoms with Crippen LogP contribution in [0.15, 0.2) is 48.5 Å². The van der Waals surface area contributed by atoms with Gasteiger partial charge in [0, 0.05) is 0 Å². The standard InChI is InChI=1S/C24H30N2O5/c1-15(2)17-9-11-18(12-10-17)23(16(3)4)26-21(27)13-31-22(28)14-30-20-8-6-5-7-19(20)24(25)29/h5-12,15-16,23H,13-14H2,1-4H3,(H2,25,29)(H,26,27)/t23-/m1/s1. The van der Waals surface area contributed by atoms with Gasteiger partial charge >= 0.3 is 5.97 Å². The number of ether oxygens (including phenoxy) is 2. The summed E-state index contributed by atoms with van der Waals surface area (Å²) in [6, 6.07) is 14.2. The van der Waals surface area contributed by atoms with Gasteiger partial charge in [-0.05, 0) is 35.1 Å². The molecule has 166 valence electrons. The molecule has 0 aliphatic rings. The number of nitrogens with two attached hydrogens (primary N) is 1. The van der Waals surface area contributed by atoms with Crippen LogP contribution in [0.4, 0.5) is 0 Å². The van der Waals surface area contributed by atoms with Gasteiger partial charge in [-0.1, -0.05) is 64.1 Å². The number of hydrogen-bond donors (Lipinski definition) is 2. The van der Waals surface area contributed by atoms with Crippen molar-refractivity contribution < 1.29 is 23.9 Å². The maximum Gasteiger partial charge on any atom is 0.344 e. The second-order valence-corrected chi connectivity index (χ2v) is 7.92. The minimum Gasteiger partial charge on any atom is -0.481 e. The van der Waals surface area contributed by atoms with Crippen molar-refractivity contribution in [3.8, 4) is 5.75 Å². The summed E-state index contributed by atoms with van der Waals surface area (Å²) in [5.74, 6) is -1.03. The number of nitrogens with one attached hydrogen (secondary N) is 1. The highest BCUT2D eigenvalue weighted by molar-refractivity contribution is 5.95. The Kier molecular flexibility index (Phi) is 8.61. The lowest BCUT2D eigenvalue weighted by molar-refractivity contribution is -0.150. The predicted molar refractivity (Wildman–Crippen MR) is 118 cm³/mol. The molecule has 0 radical (unpaired) electrons. The van der Waals surface area contributed by atoms with Crippen LogP contribution in [0.25, 0.3) is 0 Å². The van der Waals surface area contributed by atoms with Crippen molar-refractivity contribution in [3.05, 3.63) is 65.2 Å². The summed E-state index contributed by atoms with van der Waals surface area (Å²) in [7, 11) is 0. The third-order valence-electron chi connectivity index (χ3n) is 4.81. The normalized spacial score (nSPS) is 11.8. The summed E-state index contributed by atoms with van der Waals surface area (Å²) in [4.78, 5) is 35.7. The molecule has 2 amide bonds. The van der Waals surface area contributed by atoms with Gasteiger partial charge < -0.3 is 20.5 Å². The van der Waals surface area contributed by atoms with Gasteiger partial charge in [-0.2, -0.15) is 0 Å². The quantitative estimate of drug-likeness (QED) is 0.567. The van der Waals surface area contributed by atoms with Crippen molar-refractivity contribution in [2.45, 2.75) is 39.7 Å². The fourth-order valence-corrected chi connectivity index (χ4v) is 3.06. The van der Waals surface area contributed by atoms with Crippen LogP contribution in [-0.4, -0.2) is 31.0 Å². The lowest BCUT2D eigenvalue weighted by Crippen LogP contribution is -2.35. The lowest BCUT2D eigenvalue weighted by Gasteiger charge is -2.23. The summed E-state index contributed by atoms with van der Waals surface area (Å²) in [5, 5.41) is 2.92. The Morgan fingerprint density at radius 1 is 0.903 bits per heavy atom. The first-order valence-electron chi connectivity index (χ1n) is 10.3. The van der Waals surface area contributed by atoms with E-state index in [1.54, 1.807) is 12.1 Å². The number of amides is 2. The van der Waals surface area contributed by atoms with Crippen molar-refractivity contribution >= 4 is 17.8 Å². The van der Waals surface area contributed by atoms with Gasteiger partial charge in [-0.3, -0.25) is 9.59 Å². The molecular weight excluding hydrogens is 396 g/mol. The van der Waals surface area contributed by atoms with E-state index in [1.165, 1.54) is 17.7 Å². The third kappa shape index (κ3) is 7.13. The molecule has 0 aromatic heterocycles. The molecule has 0 aliphatic carbocycles. The van der Waals surface area contributed by atoms with E-state index < -0.39 is 31.0 Å². The van der Waals surface area contributed by atoms with Crippen LogP contribution in [0, 0.1) is 5.92 Å². The Hall–Kier alpha value is -3.35. The van der Waals surface area contributed by atoms with E-state index in [0.717, 1.165) is 5.56 Å². The molecule has 0 bridgehead atoms. The monoisotopic (exact) mass is 426 g/mol. The van der Waals surface area contributed by atoms with Gasteiger partial charge in [0.25, 0.3) is 11.8 Å². The first-order chi connectivity index (χ1) is 14.7. The van der Waals surface area contributed by atoms with E-state index in [1.807, 2.05) is 26.0 Å². The average Bonchev–Trinajstić information content (AvgIpc) is 2.74. The van der Waals surface area contributed by atoms with Crippen LogP contribution in [-0.2, 0) is 14.3 Å². The topological polar surface area (TPSA) is 108 Å². The van der Waals surface area contributed by atoms with E-state index in [2.05, 4.69) is 31.3 Å². The maximum atomic E-state index is 12.3. The van der Waals surface area contributed by atoms with E-state index in [0.29, 0.717) is 5.92 Å². The Morgan fingerprint density at radius 3 is 2.10 bits per heavy atom. The highest BCUT2D eigenvalue weighted by Gasteiger charge is 2.20. The second kappa shape index (κ2) is 11.2. The Bertz CT molecular complexity index is 906. The molecule has 31 heavy (non-hydrogen) atoms. The zero-order valence-electron chi connectivity index (χ0n) is 18.4. The molecule has 3 N–H and O–H groups in total. The number of rotatable bonds is 10. The van der Waals surface area contributed by atoms with Crippen molar-refractivity contribution in [1.82, 2.24) is 5.32 Å².